The van der Waals surface area contributed by atoms with Gasteiger partial charge in [0.25, 0.3) is 0 Å². The average molecular weight is 415 g/mol. The Kier molecular flexibility index (Phi) is 5.54. The fourth-order valence-corrected chi connectivity index (χ4v) is 3.18. The number of pyridine rings is 1. The fourth-order valence-electron chi connectivity index (χ4n) is 3.18. The predicted molar refractivity (Wildman–Crippen MR) is 116 cm³/mol. The lowest BCUT2D eigenvalue weighted by molar-refractivity contribution is 0.379. The number of hydrogen-bond acceptors (Lipinski definition) is 6. The maximum absolute atomic E-state index is 14.2. The maximum Gasteiger partial charge on any atom is 0.169 e. The van der Waals surface area contributed by atoms with Crippen molar-refractivity contribution in [2.75, 3.05) is 19.5 Å². The molecule has 4 aromatic rings. The van der Waals surface area contributed by atoms with E-state index in [1.807, 2.05) is 30.3 Å². The van der Waals surface area contributed by atoms with Gasteiger partial charge in [-0.15, -0.1) is 0 Å². The average Bonchev–Trinajstić information content (AvgIpc) is 2.80. The SMILES string of the molecule is COc1cc2c(Nc3ccccc3Oc3ccccc3OC)c(C#N)cnc2cc1F. The van der Waals surface area contributed by atoms with Crippen molar-refractivity contribution in [1.29, 1.82) is 5.26 Å². The van der Waals surface area contributed by atoms with Gasteiger partial charge in [0.15, 0.2) is 28.8 Å². The first kappa shape index (κ1) is 20.0. The molecule has 0 unspecified atom stereocenters. The van der Waals surface area contributed by atoms with Crippen molar-refractivity contribution in [3.8, 4) is 29.1 Å². The van der Waals surface area contributed by atoms with Crippen molar-refractivity contribution in [2.24, 2.45) is 0 Å². The Balaban J connectivity index is 1.81. The van der Waals surface area contributed by atoms with Gasteiger partial charge in [0.1, 0.15) is 6.07 Å². The van der Waals surface area contributed by atoms with Gasteiger partial charge in [-0.1, -0.05) is 24.3 Å². The number of halogens is 1. The summed E-state index contributed by atoms with van der Waals surface area (Å²) >= 11 is 0. The van der Waals surface area contributed by atoms with Crippen LogP contribution in [0.5, 0.6) is 23.0 Å². The summed E-state index contributed by atoms with van der Waals surface area (Å²) in [6.07, 6.45) is 1.40. The molecule has 0 saturated heterocycles. The van der Waals surface area contributed by atoms with Crippen LogP contribution in [0.3, 0.4) is 0 Å². The second-order valence-electron chi connectivity index (χ2n) is 6.54. The number of benzene rings is 3. The number of aromatic nitrogens is 1. The maximum atomic E-state index is 14.2. The van der Waals surface area contributed by atoms with Crippen molar-refractivity contribution in [3.63, 3.8) is 0 Å². The third-order valence-corrected chi connectivity index (χ3v) is 4.70. The fraction of sp³-hybridized carbons (Fsp3) is 0.0833. The molecule has 7 heteroatoms. The Hall–Kier alpha value is -4.31. The zero-order valence-electron chi connectivity index (χ0n) is 16.8. The topological polar surface area (TPSA) is 76.4 Å². The van der Waals surface area contributed by atoms with Crippen LogP contribution in [0.1, 0.15) is 5.56 Å². The molecule has 0 saturated carbocycles. The number of anilines is 2. The Labute approximate surface area is 178 Å². The number of hydrogen-bond donors (Lipinski definition) is 1. The number of nitrogens with one attached hydrogen (secondary N) is 1. The summed E-state index contributed by atoms with van der Waals surface area (Å²) < 4.78 is 30.7. The molecule has 0 aliphatic rings. The molecule has 0 fully saturated rings. The summed E-state index contributed by atoms with van der Waals surface area (Å²) in [6.45, 7) is 0. The summed E-state index contributed by atoms with van der Waals surface area (Å²) in [6, 6.07) is 19.5. The van der Waals surface area contributed by atoms with E-state index >= 15 is 0 Å². The van der Waals surface area contributed by atoms with Crippen LogP contribution in [0.25, 0.3) is 10.9 Å². The Morgan fingerprint density at radius 3 is 2.29 bits per heavy atom. The molecule has 6 nitrogen and oxygen atoms in total. The van der Waals surface area contributed by atoms with Crippen molar-refractivity contribution in [3.05, 3.63) is 78.2 Å². The zero-order valence-corrected chi connectivity index (χ0v) is 16.8. The van der Waals surface area contributed by atoms with Gasteiger partial charge >= 0.3 is 0 Å². The standard InChI is InChI=1S/C24H18FN3O3/c1-29-21-9-5-6-10-22(21)31-20-8-4-3-7-18(20)28-24-15(13-26)14-27-19-12-17(25)23(30-2)11-16(19)24/h3-12,14H,1-2H3,(H,27,28). The smallest absolute Gasteiger partial charge is 0.169 e. The zero-order chi connectivity index (χ0) is 21.8. The summed E-state index contributed by atoms with van der Waals surface area (Å²) in [5, 5.41) is 13.4. The van der Waals surface area contributed by atoms with Crippen LogP contribution >= 0.6 is 0 Å². The number of rotatable bonds is 6. The molecule has 0 amide bonds. The normalized spacial score (nSPS) is 10.4. The van der Waals surface area contributed by atoms with E-state index in [-0.39, 0.29) is 5.75 Å². The molecule has 3 aromatic carbocycles. The highest BCUT2D eigenvalue weighted by Gasteiger charge is 2.16. The first-order valence-corrected chi connectivity index (χ1v) is 9.38. The molecule has 31 heavy (non-hydrogen) atoms. The third kappa shape index (κ3) is 3.91. The molecule has 154 valence electrons. The van der Waals surface area contributed by atoms with E-state index in [0.717, 1.165) is 0 Å². The van der Waals surface area contributed by atoms with Gasteiger partial charge in [-0.3, -0.25) is 4.98 Å². The number of para-hydroxylation sites is 4. The van der Waals surface area contributed by atoms with Crippen molar-refractivity contribution in [2.45, 2.75) is 0 Å². The van der Waals surface area contributed by atoms with Crippen LogP contribution in [0.2, 0.25) is 0 Å². The van der Waals surface area contributed by atoms with Crippen molar-refractivity contribution < 1.29 is 18.6 Å². The van der Waals surface area contributed by atoms with Gasteiger partial charge in [-0.25, -0.2) is 4.39 Å². The van der Waals surface area contributed by atoms with Gasteiger partial charge in [0.05, 0.1) is 36.7 Å². The summed E-state index contributed by atoms with van der Waals surface area (Å²) in [5.41, 5.74) is 1.78. The van der Waals surface area contributed by atoms with Crippen LogP contribution in [0.4, 0.5) is 15.8 Å². The van der Waals surface area contributed by atoms with Crippen LogP contribution in [0.15, 0.2) is 66.9 Å². The van der Waals surface area contributed by atoms with Crippen molar-refractivity contribution in [1.82, 2.24) is 4.98 Å². The number of nitrogens with zero attached hydrogens (tertiary/aromatic N) is 2. The largest absolute Gasteiger partial charge is 0.494 e. The lowest BCUT2D eigenvalue weighted by Gasteiger charge is -2.17. The first-order valence-electron chi connectivity index (χ1n) is 9.38. The van der Waals surface area contributed by atoms with Crippen LogP contribution < -0.4 is 19.5 Å². The highest BCUT2D eigenvalue weighted by Crippen LogP contribution is 2.38. The molecule has 0 aliphatic heterocycles. The second kappa shape index (κ2) is 8.59. The minimum atomic E-state index is -0.530. The Bertz CT molecular complexity index is 1300. The van der Waals surface area contributed by atoms with Gasteiger partial charge in [-0.05, 0) is 30.3 Å². The highest BCUT2D eigenvalue weighted by molar-refractivity contribution is 5.97. The van der Waals surface area contributed by atoms with E-state index in [9.17, 15) is 9.65 Å². The number of nitriles is 1. The molecular weight excluding hydrogens is 397 g/mol. The predicted octanol–water partition coefficient (Wildman–Crippen LogP) is 5.80. The lowest BCUT2D eigenvalue weighted by Crippen LogP contribution is -2.00. The van der Waals surface area contributed by atoms with E-state index in [0.29, 0.717) is 45.1 Å². The first-order chi connectivity index (χ1) is 15.1. The van der Waals surface area contributed by atoms with E-state index in [1.165, 1.54) is 25.4 Å². The molecule has 1 heterocycles. The quantitative estimate of drug-likeness (QED) is 0.429. The summed E-state index contributed by atoms with van der Waals surface area (Å²) in [5.74, 6) is 1.19. The molecule has 0 bridgehead atoms. The van der Waals surface area contributed by atoms with Crippen molar-refractivity contribution >= 4 is 22.3 Å². The van der Waals surface area contributed by atoms with Crippen LogP contribution in [0, 0.1) is 17.1 Å². The molecule has 4 rings (SSSR count). The molecular formula is C24H18FN3O3. The van der Waals surface area contributed by atoms with Crippen LogP contribution in [-0.2, 0) is 0 Å². The number of ether oxygens (including phenoxy) is 3. The van der Waals surface area contributed by atoms with E-state index in [2.05, 4.69) is 16.4 Å². The molecule has 1 aromatic heterocycles. The summed E-state index contributed by atoms with van der Waals surface area (Å²) in [4.78, 5) is 4.20. The Morgan fingerprint density at radius 2 is 1.58 bits per heavy atom. The van der Waals surface area contributed by atoms with Gasteiger partial charge in [-0.2, -0.15) is 5.26 Å². The van der Waals surface area contributed by atoms with Gasteiger partial charge in [0.2, 0.25) is 0 Å². The number of fused-ring (bicyclic) bond motifs is 1. The van der Waals surface area contributed by atoms with E-state index in [4.69, 9.17) is 14.2 Å². The second-order valence-corrected chi connectivity index (χ2v) is 6.54. The van der Waals surface area contributed by atoms with E-state index < -0.39 is 5.82 Å². The lowest BCUT2D eigenvalue weighted by atomic mass is 10.1. The minimum Gasteiger partial charge on any atom is -0.494 e. The molecule has 0 radical (unpaired) electrons. The minimum absolute atomic E-state index is 0.0611. The molecule has 1 N–H and O–H groups in total. The van der Waals surface area contributed by atoms with Gasteiger partial charge in [0, 0.05) is 17.6 Å². The third-order valence-electron chi connectivity index (χ3n) is 4.70. The summed E-state index contributed by atoms with van der Waals surface area (Å²) in [7, 11) is 2.95. The molecule has 0 atom stereocenters. The molecule has 0 aliphatic carbocycles. The monoisotopic (exact) mass is 415 g/mol. The van der Waals surface area contributed by atoms with Gasteiger partial charge < -0.3 is 19.5 Å². The highest BCUT2D eigenvalue weighted by atomic mass is 19.1. The molecule has 0 spiro atoms. The number of methoxy groups -OCH3 is 2. The van der Waals surface area contributed by atoms with Crippen LogP contribution in [-0.4, -0.2) is 19.2 Å². The van der Waals surface area contributed by atoms with E-state index in [1.54, 1.807) is 25.3 Å². The Morgan fingerprint density at radius 1 is 0.903 bits per heavy atom.